The van der Waals surface area contributed by atoms with E-state index < -0.39 is 0 Å². The summed E-state index contributed by atoms with van der Waals surface area (Å²) in [5.41, 5.74) is 2.12. The van der Waals surface area contributed by atoms with Crippen LogP contribution in [0.3, 0.4) is 0 Å². The summed E-state index contributed by atoms with van der Waals surface area (Å²) in [6.07, 6.45) is 1.66. The number of nitrogens with one attached hydrogen (secondary N) is 1. The fourth-order valence-corrected chi connectivity index (χ4v) is 1.85. The number of aryl methyl sites for hydroxylation is 1. The van der Waals surface area contributed by atoms with Crippen molar-refractivity contribution in [2.24, 2.45) is 5.16 Å². The molecule has 0 bridgehead atoms. The predicted molar refractivity (Wildman–Crippen MR) is 82.6 cm³/mol. The van der Waals surface area contributed by atoms with Crippen LogP contribution in [0, 0.1) is 6.92 Å². The normalized spacial score (nSPS) is 11.1. The number of rotatable bonds is 4. The summed E-state index contributed by atoms with van der Waals surface area (Å²) in [6.45, 7) is 1.81. The van der Waals surface area contributed by atoms with Gasteiger partial charge in [0.1, 0.15) is 7.11 Å². The first kappa shape index (κ1) is 15.0. The highest BCUT2D eigenvalue weighted by Gasteiger charge is 2.16. The van der Waals surface area contributed by atoms with E-state index in [1.165, 1.54) is 7.11 Å². The molecule has 0 unspecified atom stereocenters. The predicted octanol–water partition coefficient (Wildman–Crippen LogP) is 3.03. The number of amides is 1. The molecule has 21 heavy (non-hydrogen) atoms. The van der Waals surface area contributed by atoms with E-state index in [0.717, 1.165) is 5.69 Å². The van der Waals surface area contributed by atoms with Crippen molar-refractivity contribution in [1.82, 2.24) is 4.98 Å². The van der Waals surface area contributed by atoms with Crippen LogP contribution in [0.4, 0.5) is 5.69 Å². The van der Waals surface area contributed by atoms with Crippen LogP contribution in [0.25, 0.3) is 0 Å². The first-order valence-corrected chi connectivity index (χ1v) is 6.59. The number of carbonyl (C=O) groups is 1. The van der Waals surface area contributed by atoms with E-state index in [2.05, 4.69) is 15.5 Å². The molecule has 0 aliphatic heterocycles. The van der Waals surface area contributed by atoms with E-state index in [0.29, 0.717) is 16.3 Å². The highest BCUT2D eigenvalue weighted by atomic mass is 35.5. The standard InChI is InChI=1S/C15H14ClN3O2/c1-10-13(4-3-9-17-10)18-15(20)14(19-21-2)11-5-7-12(16)8-6-11/h3-9H,1-2H3,(H,18,20)/b19-14+. The van der Waals surface area contributed by atoms with Crippen molar-refractivity contribution < 1.29 is 9.63 Å². The Morgan fingerprint density at radius 3 is 2.62 bits per heavy atom. The molecule has 1 amide bonds. The lowest BCUT2D eigenvalue weighted by atomic mass is 10.1. The fourth-order valence-electron chi connectivity index (χ4n) is 1.72. The minimum absolute atomic E-state index is 0.164. The summed E-state index contributed by atoms with van der Waals surface area (Å²) < 4.78 is 0. The Kier molecular flexibility index (Phi) is 4.90. The number of nitrogens with zero attached hydrogens (tertiary/aromatic N) is 2. The lowest BCUT2D eigenvalue weighted by molar-refractivity contribution is -0.110. The van der Waals surface area contributed by atoms with Crippen molar-refractivity contribution in [2.75, 3.05) is 12.4 Å². The molecule has 1 aromatic carbocycles. The third-order valence-electron chi connectivity index (χ3n) is 2.77. The van der Waals surface area contributed by atoms with Gasteiger partial charge in [-0.25, -0.2) is 0 Å². The quantitative estimate of drug-likeness (QED) is 0.697. The second-order valence-electron chi connectivity index (χ2n) is 4.22. The van der Waals surface area contributed by atoms with Crippen molar-refractivity contribution in [3.8, 4) is 0 Å². The average molecular weight is 304 g/mol. The maximum atomic E-state index is 12.4. The summed E-state index contributed by atoms with van der Waals surface area (Å²) in [6, 6.07) is 10.3. The molecule has 0 spiro atoms. The van der Waals surface area contributed by atoms with E-state index >= 15 is 0 Å². The number of oxime groups is 1. The van der Waals surface area contributed by atoms with Crippen LogP contribution in [0.15, 0.2) is 47.8 Å². The number of aromatic nitrogens is 1. The highest BCUT2D eigenvalue weighted by molar-refractivity contribution is 6.48. The number of hydrogen-bond acceptors (Lipinski definition) is 4. The van der Waals surface area contributed by atoms with Crippen LogP contribution in [-0.4, -0.2) is 23.7 Å². The van der Waals surface area contributed by atoms with Gasteiger partial charge in [0.2, 0.25) is 0 Å². The number of carbonyl (C=O) groups excluding carboxylic acids is 1. The monoisotopic (exact) mass is 303 g/mol. The molecule has 0 saturated carbocycles. The van der Waals surface area contributed by atoms with E-state index in [-0.39, 0.29) is 11.6 Å². The number of halogens is 1. The third kappa shape index (κ3) is 3.79. The highest BCUT2D eigenvalue weighted by Crippen LogP contribution is 2.14. The number of pyridine rings is 1. The Balaban J connectivity index is 2.27. The first-order chi connectivity index (χ1) is 10.1. The summed E-state index contributed by atoms with van der Waals surface area (Å²) in [5.74, 6) is -0.379. The molecule has 108 valence electrons. The minimum Gasteiger partial charge on any atom is -0.398 e. The molecule has 1 aromatic heterocycles. The Hall–Kier alpha value is -2.40. The van der Waals surface area contributed by atoms with Gasteiger partial charge in [-0.1, -0.05) is 28.9 Å². The van der Waals surface area contributed by atoms with Crippen LogP contribution in [0.5, 0.6) is 0 Å². The van der Waals surface area contributed by atoms with Gasteiger partial charge in [-0.2, -0.15) is 0 Å². The Bertz CT molecular complexity index is 669. The lowest BCUT2D eigenvalue weighted by Crippen LogP contribution is -2.24. The topological polar surface area (TPSA) is 63.6 Å². The van der Waals surface area contributed by atoms with Gasteiger partial charge in [-0.3, -0.25) is 9.78 Å². The summed E-state index contributed by atoms with van der Waals surface area (Å²) in [4.78, 5) is 21.2. The summed E-state index contributed by atoms with van der Waals surface area (Å²) >= 11 is 5.84. The Labute approximate surface area is 127 Å². The van der Waals surface area contributed by atoms with Crippen molar-refractivity contribution in [1.29, 1.82) is 0 Å². The molecular weight excluding hydrogens is 290 g/mol. The molecule has 1 heterocycles. The largest absolute Gasteiger partial charge is 0.398 e. The zero-order chi connectivity index (χ0) is 15.2. The van der Waals surface area contributed by atoms with Crippen LogP contribution < -0.4 is 5.32 Å². The van der Waals surface area contributed by atoms with Gasteiger partial charge in [-0.15, -0.1) is 0 Å². The average Bonchev–Trinajstić information content (AvgIpc) is 2.48. The van der Waals surface area contributed by atoms with E-state index in [4.69, 9.17) is 16.4 Å². The molecule has 2 aromatic rings. The second kappa shape index (κ2) is 6.85. The van der Waals surface area contributed by atoms with Gasteiger partial charge in [0.25, 0.3) is 5.91 Å². The molecule has 0 aliphatic rings. The number of anilines is 1. The van der Waals surface area contributed by atoms with Gasteiger partial charge < -0.3 is 10.2 Å². The van der Waals surface area contributed by atoms with Gasteiger partial charge in [0, 0.05) is 16.8 Å². The molecular formula is C15H14ClN3O2. The third-order valence-corrected chi connectivity index (χ3v) is 3.02. The van der Waals surface area contributed by atoms with Crippen molar-refractivity contribution >= 4 is 28.9 Å². The van der Waals surface area contributed by atoms with Crippen LogP contribution >= 0.6 is 11.6 Å². The van der Waals surface area contributed by atoms with Crippen molar-refractivity contribution in [2.45, 2.75) is 6.92 Å². The first-order valence-electron chi connectivity index (χ1n) is 6.22. The molecule has 1 N–H and O–H groups in total. The molecule has 0 saturated heterocycles. The smallest absolute Gasteiger partial charge is 0.278 e. The zero-order valence-corrected chi connectivity index (χ0v) is 12.4. The van der Waals surface area contributed by atoms with Gasteiger partial charge in [0.15, 0.2) is 5.71 Å². The fraction of sp³-hybridized carbons (Fsp3) is 0.133. The Morgan fingerprint density at radius 2 is 2.00 bits per heavy atom. The van der Waals surface area contributed by atoms with E-state index in [1.54, 1.807) is 42.6 Å². The van der Waals surface area contributed by atoms with Crippen molar-refractivity contribution in [3.05, 3.63) is 58.9 Å². The van der Waals surface area contributed by atoms with Crippen molar-refractivity contribution in [3.63, 3.8) is 0 Å². The van der Waals surface area contributed by atoms with E-state index in [1.807, 2.05) is 6.92 Å². The van der Waals surface area contributed by atoms with Crippen LogP contribution in [0.2, 0.25) is 5.02 Å². The molecule has 2 rings (SSSR count). The molecule has 5 nitrogen and oxygen atoms in total. The molecule has 0 radical (unpaired) electrons. The molecule has 0 atom stereocenters. The summed E-state index contributed by atoms with van der Waals surface area (Å²) in [5, 5.41) is 7.14. The maximum absolute atomic E-state index is 12.4. The lowest BCUT2D eigenvalue weighted by Gasteiger charge is -2.09. The van der Waals surface area contributed by atoms with Crippen LogP contribution in [-0.2, 0) is 9.63 Å². The summed E-state index contributed by atoms with van der Waals surface area (Å²) in [7, 11) is 1.39. The number of benzene rings is 1. The minimum atomic E-state index is -0.379. The maximum Gasteiger partial charge on any atom is 0.278 e. The number of hydrogen-bond donors (Lipinski definition) is 1. The van der Waals surface area contributed by atoms with Gasteiger partial charge in [-0.05, 0) is 31.2 Å². The SMILES string of the molecule is CO/N=C(/C(=O)Nc1cccnc1C)c1ccc(Cl)cc1. The van der Waals surface area contributed by atoms with Crippen LogP contribution in [0.1, 0.15) is 11.3 Å². The zero-order valence-electron chi connectivity index (χ0n) is 11.6. The van der Waals surface area contributed by atoms with E-state index in [9.17, 15) is 4.79 Å². The molecule has 6 heteroatoms. The second-order valence-corrected chi connectivity index (χ2v) is 4.66. The Morgan fingerprint density at radius 1 is 1.29 bits per heavy atom. The van der Waals surface area contributed by atoms with Gasteiger partial charge >= 0.3 is 0 Å². The molecule has 0 aliphatic carbocycles. The molecule has 0 fully saturated rings. The van der Waals surface area contributed by atoms with Gasteiger partial charge in [0.05, 0.1) is 11.4 Å².